The standard InChI is InChI=1S/C4H4ClFN2O3/c5-4(6)1(9)7-3(11)8-2(4)10/h1,9H,(H2,7,8,10,11). The molecule has 0 bridgehead atoms. The molecule has 0 saturated carbocycles. The fourth-order valence-electron chi connectivity index (χ4n) is 0.562. The molecule has 1 heterocycles. The Bertz CT molecular complexity index is 219. The van der Waals surface area contributed by atoms with Crippen LogP contribution in [0, 0.1) is 0 Å². The van der Waals surface area contributed by atoms with Crippen LogP contribution < -0.4 is 10.6 Å². The molecule has 0 aromatic carbocycles. The zero-order chi connectivity index (χ0) is 8.65. The lowest BCUT2D eigenvalue weighted by molar-refractivity contribution is -0.135. The molecule has 62 valence electrons. The summed E-state index contributed by atoms with van der Waals surface area (Å²) in [4.78, 5) is 20.8. The minimum absolute atomic E-state index is 0.976. The number of hydrogen-bond donors (Lipinski definition) is 3. The highest BCUT2D eigenvalue weighted by Gasteiger charge is 2.49. The molecule has 1 aliphatic rings. The monoisotopic (exact) mass is 182 g/mol. The third-order valence-electron chi connectivity index (χ3n) is 1.14. The van der Waals surface area contributed by atoms with Gasteiger partial charge in [0, 0.05) is 0 Å². The van der Waals surface area contributed by atoms with E-state index in [1.165, 1.54) is 0 Å². The van der Waals surface area contributed by atoms with E-state index >= 15 is 0 Å². The maximum Gasteiger partial charge on any atom is 0.323 e. The SMILES string of the molecule is O=C1NC(=O)C(F)(Cl)C(O)N1. The zero-order valence-corrected chi connectivity index (χ0v) is 5.85. The van der Waals surface area contributed by atoms with Crippen molar-refractivity contribution >= 4 is 23.5 Å². The van der Waals surface area contributed by atoms with E-state index in [1.54, 1.807) is 10.6 Å². The summed E-state index contributed by atoms with van der Waals surface area (Å²) in [7, 11) is 0. The summed E-state index contributed by atoms with van der Waals surface area (Å²) in [6, 6.07) is -0.976. The first-order valence-corrected chi connectivity index (χ1v) is 3.00. The summed E-state index contributed by atoms with van der Waals surface area (Å²) in [5, 5.41) is 8.92. The largest absolute Gasteiger partial charge is 0.369 e. The number of halogens is 2. The van der Waals surface area contributed by atoms with Crippen LogP contribution in [0.15, 0.2) is 0 Å². The molecule has 11 heavy (non-hydrogen) atoms. The molecule has 1 fully saturated rings. The highest BCUT2D eigenvalue weighted by atomic mass is 35.5. The maximum absolute atomic E-state index is 12.7. The Morgan fingerprint density at radius 1 is 1.64 bits per heavy atom. The topological polar surface area (TPSA) is 78.4 Å². The van der Waals surface area contributed by atoms with Crippen LogP contribution in [0.25, 0.3) is 0 Å². The van der Waals surface area contributed by atoms with Crippen molar-refractivity contribution in [3.63, 3.8) is 0 Å². The number of carbonyl (C=O) groups is 2. The van der Waals surface area contributed by atoms with Crippen LogP contribution in [-0.4, -0.2) is 28.4 Å². The van der Waals surface area contributed by atoms with Gasteiger partial charge in [0.15, 0.2) is 6.23 Å². The van der Waals surface area contributed by atoms with Crippen molar-refractivity contribution in [3.8, 4) is 0 Å². The molecule has 3 N–H and O–H groups in total. The van der Waals surface area contributed by atoms with E-state index in [0.29, 0.717) is 0 Å². The lowest BCUT2D eigenvalue weighted by Crippen LogP contribution is -2.64. The molecule has 2 atom stereocenters. The fourth-order valence-corrected chi connectivity index (χ4v) is 0.663. The molecule has 0 aromatic heterocycles. The number of imide groups is 1. The highest BCUT2D eigenvalue weighted by molar-refractivity contribution is 6.35. The fraction of sp³-hybridized carbons (Fsp3) is 0.500. The first-order chi connectivity index (χ1) is 4.94. The molecule has 2 unspecified atom stereocenters. The van der Waals surface area contributed by atoms with Gasteiger partial charge >= 0.3 is 11.2 Å². The van der Waals surface area contributed by atoms with Gasteiger partial charge in [-0.25, -0.2) is 9.18 Å². The van der Waals surface area contributed by atoms with E-state index in [9.17, 15) is 14.0 Å². The van der Waals surface area contributed by atoms with Gasteiger partial charge in [-0.2, -0.15) is 0 Å². The third-order valence-corrected chi connectivity index (χ3v) is 1.52. The predicted octanol–water partition coefficient (Wildman–Crippen LogP) is -0.951. The third kappa shape index (κ3) is 1.26. The first-order valence-electron chi connectivity index (χ1n) is 2.62. The molecule has 0 radical (unpaired) electrons. The minimum atomic E-state index is -2.98. The van der Waals surface area contributed by atoms with E-state index in [-0.39, 0.29) is 0 Å². The second-order valence-corrected chi connectivity index (χ2v) is 2.50. The molecule has 0 aliphatic carbocycles. The van der Waals surface area contributed by atoms with Crippen molar-refractivity contribution in [1.29, 1.82) is 0 Å². The van der Waals surface area contributed by atoms with E-state index in [1.807, 2.05) is 0 Å². The van der Waals surface area contributed by atoms with Crippen molar-refractivity contribution in [2.24, 2.45) is 0 Å². The normalized spacial score (nSPS) is 37.9. The Labute approximate surface area is 65.5 Å². The highest BCUT2D eigenvalue weighted by Crippen LogP contribution is 2.22. The molecule has 3 amide bonds. The van der Waals surface area contributed by atoms with Crippen molar-refractivity contribution in [1.82, 2.24) is 10.6 Å². The van der Waals surface area contributed by atoms with Gasteiger partial charge in [0.1, 0.15) is 0 Å². The number of rotatable bonds is 0. The van der Waals surface area contributed by atoms with E-state index in [2.05, 4.69) is 0 Å². The van der Waals surface area contributed by atoms with E-state index in [0.717, 1.165) is 0 Å². The van der Waals surface area contributed by atoms with Crippen LogP contribution in [0.4, 0.5) is 9.18 Å². The number of alkyl halides is 2. The average Bonchev–Trinajstić information content (AvgIpc) is 1.84. The molecule has 0 spiro atoms. The molecule has 1 aliphatic heterocycles. The molecular formula is C4H4ClFN2O3. The molecule has 1 saturated heterocycles. The Kier molecular flexibility index (Phi) is 1.73. The van der Waals surface area contributed by atoms with Crippen molar-refractivity contribution in [2.75, 3.05) is 0 Å². The van der Waals surface area contributed by atoms with E-state index < -0.39 is 23.3 Å². The number of aliphatic hydroxyl groups excluding tert-OH is 1. The van der Waals surface area contributed by atoms with Gasteiger partial charge in [-0.1, -0.05) is 11.6 Å². The number of nitrogens with one attached hydrogen (secondary N) is 2. The first kappa shape index (κ1) is 8.22. The quantitative estimate of drug-likeness (QED) is 0.423. The van der Waals surface area contributed by atoms with Crippen LogP contribution in [0.1, 0.15) is 0 Å². The summed E-state index contributed by atoms with van der Waals surface area (Å²) in [5.41, 5.74) is 0. The number of carbonyl (C=O) groups excluding carboxylic acids is 2. The Balaban J connectivity index is 2.84. The molecular weight excluding hydrogens is 179 g/mol. The van der Waals surface area contributed by atoms with E-state index in [4.69, 9.17) is 16.7 Å². The lowest BCUT2D eigenvalue weighted by Gasteiger charge is -2.27. The van der Waals surface area contributed by atoms with Crippen molar-refractivity contribution in [2.45, 2.75) is 11.4 Å². The Morgan fingerprint density at radius 3 is 2.64 bits per heavy atom. The van der Waals surface area contributed by atoms with Crippen LogP contribution in [-0.2, 0) is 4.79 Å². The molecule has 5 nitrogen and oxygen atoms in total. The summed E-state index contributed by atoms with van der Waals surface area (Å²) >= 11 is 4.89. The number of hydrogen-bond acceptors (Lipinski definition) is 3. The van der Waals surface area contributed by atoms with Crippen LogP contribution in [0.2, 0.25) is 0 Å². The summed E-state index contributed by atoms with van der Waals surface area (Å²) in [6.07, 6.45) is -2.01. The lowest BCUT2D eigenvalue weighted by atomic mass is 10.2. The summed E-state index contributed by atoms with van der Waals surface area (Å²) in [6.45, 7) is 0. The van der Waals surface area contributed by atoms with Gasteiger partial charge in [-0.15, -0.1) is 0 Å². The van der Waals surface area contributed by atoms with Gasteiger partial charge in [-0.3, -0.25) is 10.1 Å². The van der Waals surface area contributed by atoms with Gasteiger partial charge in [0.05, 0.1) is 0 Å². The van der Waals surface area contributed by atoms with Gasteiger partial charge in [0.25, 0.3) is 5.91 Å². The second kappa shape index (κ2) is 2.31. The number of urea groups is 1. The van der Waals surface area contributed by atoms with Crippen LogP contribution >= 0.6 is 11.6 Å². The molecule has 1 rings (SSSR count). The van der Waals surface area contributed by atoms with Gasteiger partial charge < -0.3 is 10.4 Å². The maximum atomic E-state index is 12.7. The smallest absolute Gasteiger partial charge is 0.323 e. The van der Waals surface area contributed by atoms with Crippen molar-refractivity contribution < 1.29 is 19.1 Å². The minimum Gasteiger partial charge on any atom is -0.369 e. The Morgan fingerprint density at radius 2 is 2.18 bits per heavy atom. The summed E-state index contributed by atoms with van der Waals surface area (Å²) in [5.74, 6) is -1.37. The van der Waals surface area contributed by atoms with Crippen molar-refractivity contribution in [3.05, 3.63) is 0 Å². The van der Waals surface area contributed by atoms with Gasteiger partial charge in [-0.05, 0) is 0 Å². The summed E-state index contributed by atoms with van der Waals surface area (Å²) < 4.78 is 12.7. The Hall–Kier alpha value is -0.880. The average molecular weight is 183 g/mol. The number of amides is 3. The number of aliphatic hydroxyl groups is 1. The molecule has 7 heteroatoms. The predicted molar refractivity (Wildman–Crippen MR) is 32.4 cm³/mol. The second-order valence-electron chi connectivity index (χ2n) is 1.95. The van der Waals surface area contributed by atoms with Crippen LogP contribution in [0.3, 0.4) is 0 Å². The molecule has 0 aromatic rings. The zero-order valence-electron chi connectivity index (χ0n) is 5.10. The van der Waals surface area contributed by atoms with Gasteiger partial charge in [0.2, 0.25) is 0 Å². The van der Waals surface area contributed by atoms with Crippen LogP contribution in [0.5, 0.6) is 0 Å².